The molecule has 2 amide bonds. The fourth-order valence-electron chi connectivity index (χ4n) is 2.25. The summed E-state index contributed by atoms with van der Waals surface area (Å²) in [6.45, 7) is 0. The van der Waals surface area contributed by atoms with Gasteiger partial charge in [-0.2, -0.15) is 0 Å². The van der Waals surface area contributed by atoms with Gasteiger partial charge in [-0.15, -0.1) is 10.2 Å². The number of methoxy groups -OCH3 is 1. The zero-order chi connectivity index (χ0) is 21.5. The van der Waals surface area contributed by atoms with E-state index in [0.29, 0.717) is 15.8 Å². The Morgan fingerprint density at radius 1 is 1.17 bits per heavy atom. The molecule has 0 aliphatic rings. The van der Waals surface area contributed by atoms with Gasteiger partial charge in [0, 0.05) is 23.4 Å². The summed E-state index contributed by atoms with van der Waals surface area (Å²) in [5.41, 5.74) is 0.593. The molecule has 0 bridgehead atoms. The largest absolute Gasteiger partial charge is 0.497 e. The molecule has 0 atom stereocenters. The van der Waals surface area contributed by atoms with E-state index < -0.39 is 10.8 Å². The highest BCUT2D eigenvalue weighted by Gasteiger charge is 2.14. The van der Waals surface area contributed by atoms with Crippen LogP contribution in [0.3, 0.4) is 0 Å². The summed E-state index contributed by atoms with van der Waals surface area (Å²) in [7, 11) is 1.56. The maximum atomic E-state index is 12.2. The Balaban J connectivity index is 1.52. The second-order valence-corrected chi connectivity index (χ2v) is 7.90. The Morgan fingerprint density at radius 2 is 1.93 bits per heavy atom. The Hall–Kier alpha value is -3.51. The molecule has 0 spiro atoms. The lowest BCUT2D eigenvalue weighted by Gasteiger charge is -2.05. The van der Waals surface area contributed by atoms with Crippen molar-refractivity contribution in [2.45, 2.75) is 4.34 Å². The van der Waals surface area contributed by atoms with Crippen molar-refractivity contribution < 1.29 is 19.2 Å². The van der Waals surface area contributed by atoms with E-state index in [2.05, 4.69) is 20.8 Å². The Bertz CT molecular complexity index is 1070. The molecule has 10 nitrogen and oxygen atoms in total. The van der Waals surface area contributed by atoms with Gasteiger partial charge in [0.2, 0.25) is 11.0 Å². The summed E-state index contributed by atoms with van der Waals surface area (Å²) in [6.07, 6.45) is 0. The number of anilines is 2. The van der Waals surface area contributed by atoms with E-state index in [-0.39, 0.29) is 28.0 Å². The number of benzene rings is 2. The molecule has 0 aliphatic carbocycles. The number of aromatic nitrogens is 2. The van der Waals surface area contributed by atoms with Crippen LogP contribution in [0, 0.1) is 10.1 Å². The highest BCUT2D eigenvalue weighted by Crippen LogP contribution is 2.26. The van der Waals surface area contributed by atoms with E-state index in [0.717, 1.165) is 11.3 Å². The lowest BCUT2D eigenvalue weighted by molar-refractivity contribution is -0.384. The van der Waals surface area contributed by atoms with Gasteiger partial charge in [0.15, 0.2) is 4.34 Å². The minimum absolute atomic E-state index is 0.111. The van der Waals surface area contributed by atoms with Crippen LogP contribution >= 0.6 is 23.1 Å². The summed E-state index contributed by atoms with van der Waals surface area (Å²) in [6, 6.07) is 12.3. The van der Waals surface area contributed by atoms with Crippen LogP contribution in [0.25, 0.3) is 0 Å². The van der Waals surface area contributed by atoms with Crippen LogP contribution in [0.5, 0.6) is 5.75 Å². The fraction of sp³-hybridized carbons (Fsp3) is 0.111. The van der Waals surface area contributed by atoms with E-state index in [1.165, 1.54) is 36.0 Å². The number of rotatable bonds is 8. The van der Waals surface area contributed by atoms with Gasteiger partial charge < -0.3 is 10.1 Å². The molecule has 0 radical (unpaired) electrons. The standard InChI is InChI=1S/C18H15N5O5S2/c1-28-14-7-5-12(6-8-14)19-15(24)10-29-18-22-21-17(30-18)20-16(25)11-3-2-4-13(9-11)23(26)27/h2-9H,10H2,1H3,(H,19,24)(H,20,21,25). The summed E-state index contributed by atoms with van der Waals surface area (Å²) >= 11 is 2.27. The molecule has 3 aromatic rings. The van der Waals surface area contributed by atoms with Crippen LogP contribution in [0.2, 0.25) is 0 Å². The molecular formula is C18H15N5O5S2. The SMILES string of the molecule is COc1ccc(NC(=O)CSc2nnc(NC(=O)c3cccc([N+](=O)[O-])c3)s2)cc1. The monoisotopic (exact) mass is 445 g/mol. The average Bonchev–Trinajstić information content (AvgIpc) is 3.20. The molecule has 0 unspecified atom stereocenters. The lowest BCUT2D eigenvalue weighted by Crippen LogP contribution is -2.13. The molecule has 0 saturated carbocycles. The Labute approximate surface area is 178 Å². The minimum atomic E-state index is -0.576. The third kappa shape index (κ3) is 5.75. The van der Waals surface area contributed by atoms with E-state index in [9.17, 15) is 19.7 Å². The van der Waals surface area contributed by atoms with Gasteiger partial charge in [-0.3, -0.25) is 25.0 Å². The summed E-state index contributed by atoms with van der Waals surface area (Å²) in [5.74, 6) is 0.0431. The summed E-state index contributed by atoms with van der Waals surface area (Å²) in [5, 5.41) is 24.1. The van der Waals surface area contributed by atoms with Crippen molar-refractivity contribution in [3.63, 3.8) is 0 Å². The van der Waals surface area contributed by atoms with Crippen molar-refractivity contribution >= 4 is 51.4 Å². The molecule has 0 aliphatic heterocycles. The number of nitrogens with zero attached hydrogens (tertiary/aromatic N) is 3. The summed E-state index contributed by atoms with van der Waals surface area (Å²) < 4.78 is 5.56. The fourth-order valence-corrected chi connectivity index (χ4v) is 3.79. The zero-order valence-corrected chi connectivity index (χ0v) is 17.2. The molecule has 0 fully saturated rings. The first kappa shape index (κ1) is 21.2. The van der Waals surface area contributed by atoms with Gasteiger partial charge in [-0.1, -0.05) is 29.2 Å². The predicted molar refractivity (Wildman–Crippen MR) is 113 cm³/mol. The molecule has 3 rings (SSSR count). The molecule has 12 heteroatoms. The van der Waals surface area contributed by atoms with Gasteiger partial charge in [-0.05, 0) is 30.3 Å². The quantitative estimate of drug-likeness (QED) is 0.233. The number of amides is 2. The van der Waals surface area contributed by atoms with Crippen LogP contribution < -0.4 is 15.4 Å². The van der Waals surface area contributed by atoms with Crippen molar-refractivity contribution in [3.8, 4) is 5.75 Å². The van der Waals surface area contributed by atoms with Gasteiger partial charge in [-0.25, -0.2) is 0 Å². The Kier molecular flexibility index (Phi) is 6.93. The topological polar surface area (TPSA) is 136 Å². The molecule has 0 saturated heterocycles. The molecule has 2 aromatic carbocycles. The van der Waals surface area contributed by atoms with Gasteiger partial charge in [0.1, 0.15) is 5.75 Å². The molecule has 1 aromatic heterocycles. The lowest BCUT2D eigenvalue weighted by atomic mass is 10.2. The Morgan fingerprint density at radius 3 is 2.63 bits per heavy atom. The molecule has 2 N–H and O–H groups in total. The molecule has 1 heterocycles. The summed E-state index contributed by atoms with van der Waals surface area (Å²) in [4.78, 5) is 34.5. The number of nitro groups is 1. The molecular weight excluding hydrogens is 430 g/mol. The van der Waals surface area contributed by atoms with Gasteiger partial charge in [0.25, 0.3) is 11.6 Å². The van der Waals surface area contributed by atoms with Crippen LogP contribution in [0.4, 0.5) is 16.5 Å². The second-order valence-electron chi connectivity index (χ2n) is 5.70. The number of nitro benzene ring substituents is 1. The van der Waals surface area contributed by atoms with Crippen molar-refractivity contribution in [2.24, 2.45) is 0 Å². The second kappa shape index (κ2) is 9.80. The van der Waals surface area contributed by atoms with E-state index in [1.807, 2.05) is 0 Å². The highest BCUT2D eigenvalue weighted by atomic mass is 32.2. The number of hydrogen-bond donors (Lipinski definition) is 2. The third-order valence-electron chi connectivity index (χ3n) is 3.65. The smallest absolute Gasteiger partial charge is 0.270 e. The number of hydrogen-bond acceptors (Lipinski definition) is 9. The van der Waals surface area contributed by atoms with Crippen LogP contribution in [-0.2, 0) is 4.79 Å². The number of carbonyl (C=O) groups excluding carboxylic acids is 2. The van der Waals surface area contributed by atoms with Crippen molar-refractivity contribution in [3.05, 3.63) is 64.2 Å². The number of carbonyl (C=O) groups is 2. The number of non-ortho nitro benzene ring substituents is 1. The molecule has 154 valence electrons. The van der Waals surface area contributed by atoms with E-state index >= 15 is 0 Å². The highest BCUT2D eigenvalue weighted by molar-refractivity contribution is 8.01. The van der Waals surface area contributed by atoms with Gasteiger partial charge in [0.05, 0.1) is 17.8 Å². The normalized spacial score (nSPS) is 10.3. The predicted octanol–water partition coefficient (Wildman–Crippen LogP) is 3.44. The van der Waals surface area contributed by atoms with Crippen LogP contribution in [-0.4, -0.2) is 39.8 Å². The number of nitrogens with one attached hydrogen (secondary N) is 2. The minimum Gasteiger partial charge on any atom is -0.497 e. The third-order valence-corrected chi connectivity index (χ3v) is 5.62. The van der Waals surface area contributed by atoms with E-state index in [1.54, 1.807) is 31.4 Å². The van der Waals surface area contributed by atoms with Crippen molar-refractivity contribution in [1.29, 1.82) is 0 Å². The van der Waals surface area contributed by atoms with Crippen molar-refractivity contribution in [2.75, 3.05) is 23.5 Å². The maximum absolute atomic E-state index is 12.2. The van der Waals surface area contributed by atoms with Gasteiger partial charge >= 0.3 is 0 Å². The number of thioether (sulfide) groups is 1. The van der Waals surface area contributed by atoms with Crippen molar-refractivity contribution in [1.82, 2.24) is 10.2 Å². The number of ether oxygens (including phenoxy) is 1. The zero-order valence-electron chi connectivity index (χ0n) is 15.5. The van der Waals surface area contributed by atoms with Crippen LogP contribution in [0.1, 0.15) is 10.4 Å². The maximum Gasteiger partial charge on any atom is 0.270 e. The van der Waals surface area contributed by atoms with Crippen LogP contribution in [0.15, 0.2) is 52.9 Å². The van der Waals surface area contributed by atoms with E-state index in [4.69, 9.17) is 4.74 Å². The first-order chi connectivity index (χ1) is 14.4. The molecule has 30 heavy (non-hydrogen) atoms. The first-order valence-electron chi connectivity index (χ1n) is 8.40. The average molecular weight is 445 g/mol. The first-order valence-corrected chi connectivity index (χ1v) is 10.2.